The largest absolute Gasteiger partial charge is 0.491 e. The SMILES string of the molecule is CC(C)(C)OC(=O)COCCOc1ccccc1CN1CCCc2cc(N)ccc21. The first-order valence-corrected chi connectivity index (χ1v) is 10.5. The van der Waals surface area contributed by atoms with Crippen molar-refractivity contribution < 1.29 is 19.0 Å². The summed E-state index contributed by atoms with van der Waals surface area (Å²) in [5.41, 5.74) is 9.92. The molecule has 30 heavy (non-hydrogen) atoms. The van der Waals surface area contributed by atoms with E-state index in [9.17, 15) is 4.79 Å². The van der Waals surface area contributed by atoms with Crippen LogP contribution in [0.25, 0.3) is 0 Å². The lowest BCUT2D eigenvalue weighted by Gasteiger charge is -2.32. The molecule has 0 aliphatic carbocycles. The molecule has 2 aromatic rings. The molecule has 1 heterocycles. The molecule has 0 aromatic heterocycles. The minimum Gasteiger partial charge on any atom is -0.491 e. The van der Waals surface area contributed by atoms with Crippen LogP contribution in [0.5, 0.6) is 5.75 Å². The average molecular weight is 413 g/mol. The maximum absolute atomic E-state index is 11.7. The van der Waals surface area contributed by atoms with Crippen molar-refractivity contribution in [2.45, 2.75) is 45.8 Å². The second-order valence-electron chi connectivity index (χ2n) is 8.51. The van der Waals surface area contributed by atoms with Crippen molar-refractivity contribution in [2.24, 2.45) is 0 Å². The molecule has 0 atom stereocenters. The summed E-state index contributed by atoms with van der Waals surface area (Å²) in [4.78, 5) is 14.1. The molecule has 0 saturated carbocycles. The number of ether oxygens (including phenoxy) is 3. The highest BCUT2D eigenvalue weighted by molar-refractivity contribution is 5.71. The lowest BCUT2D eigenvalue weighted by atomic mass is 10.00. The number of fused-ring (bicyclic) bond motifs is 1. The van der Waals surface area contributed by atoms with Gasteiger partial charge in [0.05, 0.1) is 6.61 Å². The van der Waals surface area contributed by atoms with E-state index in [4.69, 9.17) is 19.9 Å². The van der Waals surface area contributed by atoms with Crippen LogP contribution in [-0.2, 0) is 27.2 Å². The third-order valence-electron chi connectivity index (χ3n) is 4.78. The summed E-state index contributed by atoms with van der Waals surface area (Å²) in [5.74, 6) is 0.466. The van der Waals surface area contributed by atoms with Gasteiger partial charge in [0.25, 0.3) is 0 Å². The fourth-order valence-electron chi connectivity index (χ4n) is 3.58. The molecular formula is C24H32N2O4. The summed E-state index contributed by atoms with van der Waals surface area (Å²) >= 11 is 0. The zero-order valence-electron chi connectivity index (χ0n) is 18.1. The van der Waals surface area contributed by atoms with Crippen molar-refractivity contribution in [3.05, 3.63) is 53.6 Å². The molecule has 0 bridgehead atoms. The number of para-hydroxylation sites is 1. The van der Waals surface area contributed by atoms with E-state index in [1.807, 2.05) is 45.0 Å². The van der Waals surface area contributed by atoms with Gasteiger partial charge in [0, 0.05) is 30.0 Å². The van der Waals surface area contributed by atoms with Crippen LogP contribution in [0.1, 0.15) is 38.3 Å². The zero-order chi connectivity index (χ0) is 21.6. The van der Waals surface area contributed by atoms with Crippen molar-refractivity contribution in [3.8, 4) is 5.75 Å². The Morgan fingerprint density at radius 1 is 1.13 bits per heavy atom. The molecule has 6 nitrogen and oxygen atoms in total. The number of esters is 1. The summed E-state index contributed by atoms with van der Waals surface area (Å²) in [6.07, 6.45) is 2.17. The van der Waals surface area contributed by atoms with Gasteiger partial charge < -0.3 is 24.8 Å². The van der Waals surface area contributed by atoms with Crippen LogP contribution in [0, 0.1) is 0 Å². The third-order valence-corrected chi connectivity index (χ3v) is 4.78. The van der Waals surface area contributed by atoms with Crippen LogP contribution in [0.2, 0.25) is 0 Å². The number of hydrogen-bond acceptors (Lipinski definition) is 6. The molecule has 0 saturated heterocycles. The Bertz CT molecular complexity index is 861. The number of rotatable bonds is 8. The van der Waals surface area contributed by atoms with Gasteiger partial charge in [-0.15, -0.1) is 0 Å². The summed E-state index contributed by atoms with van der Waals surface area (Å²) in [6.45, 7) is 7.89. The molecule has 3 rings (SSSR count). The third kappa shape index (κ3) is 6.39. The van der Waals surface area contributed by atoms with Gasteiger partial charge in [-0.1, -0.05) is 18.2 Å². The van der Waals surface area contributed by atoms with Gasteiger partial charge in [0.1, 0.15) is 24.6 Å². The van der Waals surface area contributed by atoms with Gasteiger partial charge in [0.2, 0.25) is 0 Å². The van der Waals surface area contributed by atoms with E-state index in [1.165, 1.54) is 11.3 Å². The molecule has 0 unspecified atom stereocenters. The topological polar surface area (TPSA) is 74.0 Å². The number of benzene rings is 2. The molecule has 6 heteroatoms. The number of nitrogens with two attached hydrogens (primary N) is 1. The maximum atomic E-state index is 11.7. The fourth-order valence-corrected chi connectivity index (χ4v) is 3.58. The highest BCUT2D eigenvalue weighted by atomic mass is 16.6. The predicted octanol–water partition coefficient (Wildman–Crippen LogP) is 3.96. The van der Waals surface area contributed by atoms with Crippen LogP contribution in [0.4, 0.5) is 11.4 Å². The molecule has 0 amide bonds. The van der Waals surface area contributed by atoms with E-state index in [-0.39, 0.29) is 12.6 Å². The Kier molecular flexibility index (Phi) is 7.21. The lowest BCUT2D eigenvalue weighted by molar-refractivity contribution is -0.160. The number of carbonyl (C=O) groups excluding carboxylic acids is 1. The van der Waals surface area contributed by atoms with Crippen molar-refractivity contribution in [1.82, 2.24) is 0 Å². The van der Waals surface area contributed by atoms with Crippen molar-refractivity contribution in [1.29, 1.82) is 0 Å². The zero-order valence-corrected chi connectivity index (χ0v) is 18.1. The summed E-state index contributed by atoms with van der Waals surface area (Å²) < 4.78 is 16.6. The Balaban J connectivity index is 1.53. The predicted molar refractivity (Wildman–Crippen MR) is 119 cm³/mol. The summed E-state index contributed by atoms with van der Waals surface area (Å²) in [6, 6.07) is 14.2. The van der Waals surface area contributed by atoms with Gasteiger partial charge in [-0.05, 0) is 63.4 Å². The van der Waals surface area contributed by atoms with E-state index in [1.54, 1.807) is 0 Å². The fraction of sp³-hybridized carbons (Fsp3) is 0.458. The highest BCUT2D eigenvalue weighted by Gasteiger charge is 2.19. The lowest BCUT2D eigenvalue weighted by Crippen LogP contribution is -2.29. The second kappa shape index (κ2) is 9.85. The minimum atomic E-state index is -0.505. The van der Waals surface area contributed by atoms with E-state index >= 15 is 0 Å². The number of anilines is 2. The first-order chi connectivity index (χ1) is 14.3. The standard InChI is InChI=1S/C24H32N2O4/c1-24(2,3)30-23(27)17-28-13-14-29-22-9-5-4-7-19(22)16-26-12-6-8-18-15-20(25)10-11-21(18)26/h4-5,7,9-11,15H,6,8,12-14,16-17,25H2,1-3H3. The van der Waals surface area contributed by atoms with Crippen LogP contribution in [0.3, 0.4) is 0 Å². The maximum Gasteiger partial charge on any atom is 0.332 e. The first-order valence-electron chi connectivity index (χ1n) is 10.5. The molecule has 1 aliphatic heterocycles. The highest BCUT2D eigenvalue weighted by Crippen LogP contribution is 2.31. The Morgan fingerprint density at radius 2 is 1.93 bits per heavy atom. The van der Waals surface area contributed by atoms with E-state index < -0.39 is 5.60 Å². The molecule has 1 aliphatic rings. The van der Waals surface area contributed by atoms with Gasteiger partial charge in [-0.3, -0.25) is 0 Å². The molecule has 2 N–H and O–H groups in total. The molecule has 2 aromatic carbocycles. The Morgan fingerprint density at radius 3 is 2.73 bits per heavy atom. The molecule has 0 fully saturated rings. The monoisotopic (exact) mass is 412 g/mol. The second-order valence-corrected chi connectivity index (χ2v) is 8.51. The van der Waals surface area contributed by atoms with E-state index in [2.05, 4.69) is 23.1 Å². The average Bonchev–Trinajstić information content (AvgIpc) is 2.67. The van der Waals surface area contributed by atoms with Gasteiger partial charge in [-0.25, -0.2) is 4.79 Å². The van der Waals surface area contributed by atoms with Crippen LogP contribution in [0.15, 0.2) is 42.5 Å². The van der Waals surface area contributed by atoms with Gasteiger partial charge in [0.15, 0.2) is 0 Å². The number of nitrogen functional groups attached to an aromatic ring is 1. The Hall–Kier alpha value is -2.73. The van der Waals surface area contributed by atoms with Crippen LogP contribution >= 0.6 is 0 Å². The van der Waals surface area contributed by atoms with E-state index in [0.717, 1.165) is 42.9 Å². The van der Waals surface area contributed by atoms with Gasteiger partial charge in [-0.2, -0.15) is 0 Å². The smallest absolute Gasteiger partial charge is 0.332 e. The molecular weight excluding hydrogens is 380 g/mol. The Labute approximate surface area is 178 Å². The quantitative estimate of drug-likeness (QED) is 0.402. The van der Waals surface area contributed by atoms with E-state index in [0.29, 0.717) is 13.2 Å². The first kappa shape index (κ1) is 22.0. The van der Waals surface area contributed by atoms with Crippen molar-refractivity contribution in [3.63, 3.8) is 0 Å². The molecule has 162 valence electrons. The van der Waals surface area contributed by atoms with Crippen LogP contribution in [-0.4, -0.2) is 37.9 Å². The van der Waals surface area contributed by atoms with Crippen molar-refractivity contribution in [2.75, 3.05) is 37.0 Å². The van der Waals surface area contributed by atoms with Gasteiger partial charge >= 0.3 is 5.97 Å². The van der Waals surface area contributed by atoms with Crippen LogP contribution < -0.4 is 15.4 Å². The molecule has 0 radical (unpaired) electrons. The number of aryl methyl sites for hydroxylation is 1. The normalized spacial score (nSPS) is 13.6. The summed E-state index contributed by atoms with van der Waals surface area (Å²) in [7, 11) is 0. The van der Waals surface area contributed by atoms with Crippen molar-refractivity contribution >= 4 is 17.3 Å². The molecule has 0 spiro atoms. The number of carbonyl (C=O) groups is 1. The minimum absolute atomic E-state index is 0.0734. The summed E-state index contributed by atoms with van der Waals surface area (Å²) in [5, 5.41) is 0. The number of nitrogens with zero attached hydrogens (tertiary/aromatic N) is 1. The number of hydrogen-bond donors (Lipinski definition) is 1.